The highest BCUT2D eigenvalue weighted by Crippen LogP contribution is 2.22. The largest absolute Gasteiger partial charge is 0.322 e. The Bertz CT molecular complexity index is 1040. The summed E-state index contributed by atoms with van der Waals surface area (Å²) in [4.78, 5) is 16.8. The van der Waals surface area contributed by atoms with Gasteiger partial charge in [0.1, 0.15) is 0 Å². The van der Waals surface area contributed by atoms with E-state index in [1.807, 2.05) is 19.1 Å². The van der Waals surface area contributed by atoms with E-state index < -0.39 is 10.0 Å². The maximum Gasteiger partial charge on any atom is 0.255 e. The Morgan fingerprint density at radius 3 is 2.63 bits per heavy atom. The average molecular weight is 404 g/mol. The highest BCUT2D eigenvalue weighted by atomic mass is 32.2. The van der Waals surface area contributed by atoms with Gasteiger partial charge in [0.15, 0.2) is 0 Å². The number of carbonyl (C=O) groups excluding carboxylic acids is 1. The van der Waals surface area contributed by atoms with E-state index in [0.717, 1.165) is 23.1 Å². The summed E-state index contributed by atoms with van der Waals surface area (Å²) in [7, 11) is -1.96. The van der Waals surface area contributed by atoms with Crippen LogP contribution in [-0.4, -0.2) is 37.2 Å². The third kappa shape index (κ3) is 4.35. The van der Waals surface area contributed by atoms with Crippen LogP contribution in [0.25, 0.3) is 10.2 Å². The molecule has 1 amide bonds. The number of nitrogens with zero attached hydrogens (tertiary/aromatic N) is 2. The highest BCUT2D eigenvalue weighted by Gasteiger charge is 2.20. The first kappa shape index (κ1) is 19.5. The molecule has 1 N–H and O–H groups in total. The molecule has 0 saturated heterocycles. The van der Waals surface area contributed by atoms with Crippen LogP contribution in [-0.2, 0) is 10.0 Å². The van der Waals surface area contributed by atoms with Crippen molar-refractivity contribution in [1.29, 1.82) is 0 Å². The van der Waals surface area contributed by atoms with Crippen LogP contribution in [0.1, 0.15) is 30.1 Å². The molecule has 0 saturated carbocycles. The summed E-state index contributed by atoms with van der Waals surface area (Å²) in [6, 6.07) is 11.5. The molecule has 0 radical (unpaired) electrons. The minimum Gasteiger partial charge on any atom is -0.322 e. The minimum absolute atomic E-state index is 0.184. The van der Waals surface area contributed by atoms with Crippen LogP contribution in [0, 0.1) is 0 Å². The van der Waals surface area contributed by atoms with E-state index >= 15 is 0 Å². The summed E-state index contributed by atoms with van der Waals surface area (Å²) in [6.07, 6.45) is 1.73. The summed E-state index contributed by atoms with van der Waals surface area (Å²) in [5.41, 5.74) is 3.72. The van der Waals surface area contributed by atoms with Gasteiger partial charge in [-0.25, -0.2) is 17.7 Å². The molecule has 3 rings (SSSR count). The average Bonchev–Trinajstić information content (AvgIpc) is 3.13. The molecule has 0 bridgehead atoms. The van der Waals surface area contributed by atoms with Gasteiger partial charge in [-0.2, -0.15) is 0 Å². The molecule has 1 heterocycles. The van der Waals surface area contributed by atoms with Gasteiger partial charge >= 0.3 is 0 Å². The molecule has 2 aromatic carbocycles. The Hall–Kier alpha value is -2.29. The van der Waals surface area contributed by atoms with Crippen molar-refractivity contribution in [2.45, 2.75) is 24.7 Å². The van der Waals surface area contributed by atoms with Crippen LogP contribution in [0.5, 0.6) is 0 Å². The molecule has 0 unspecified atom stereocenters. The van der Waals surface area contributed by atoms with Gasteiger partial charge in [-0.05, 0) is 48.9 Å². The lowest BCUT2D eigenvalue weighted by Gasteiger charge is -2.17. The molecular formula is C19H21N3O3S2. The fraction of sp³-hybridized carbons (Fsp3) is 0.263. The molecule has 1 aromatic heterocycles. The number of nitrogens with one attached hydrogen (secondary N) is 1. The zero-order chi connectivity index (χ0) is 19.4. The number of hydrogen-bond acceptors (Lipinski definition) is 5. The Morgan fingerprint density at radius 1 is 1.19 bits per heavy atom. The molecule has 0 atom stereocenters. The number of rotatable bonds is 7. The normalized spacial score (nSPS) is 11.8. The van der Waals surface area contributed by atoms with E-state index in [-0.39, 0.29) is 10.8 Å². The number of thiazole rings is 1. The molecule has 3 aromatic rings. The Balaban J connectivity index is 1.73. The second-order valence-electron chi connectivity index (χ2n) is 6.19. The lowest BCUT2D eigenvalue weighted by molar-refractivity contribution is 0.102. The summed E-state index contributed by atoms with van der Waals surface area (Å²) in [5, 5.41) is 2.83. The number of hydrogen-bond donors (Lipinski definition) is 1. The second-order valence-corrected chi connectivity index (χ2v) is 9.12. The van der Waals surface area contributed by atoms with Crippen LogP contribution < -0.4 is 5.32 Å². The van der Waals surface area contributed by atoms with E-state index in [9.17, 15) is 13.2 Å². The summed E-state index contributed by atoms with van der Waals surface area (Å²) < 4.78 is 27.4. The van der Waals surface area contributed by atoms with E-state index in [4.69, 9.17) is 0 Å². The molecule has 8 heteroatoms. The third-order valence-electron chi connectivity index (χ3n) is 4.24. The predicted octanol–water partition coefficient (Wildman–Crippen LogP) is 3.97. The number of amides is 1. The first-order valence-electron chi connectivity index (χ1n) is 8.63. The quantitative estimate of drug-likeness (QED) is 0.647. The van der Waals surface area contributed by atoms with E-state index in [1.165, 1.54) is 39.9 Å². The molecular weight excluding hydrogens is 382 g/mol. The topological polar surface area (TPSA) is 79.4 Å². The fourth-order valence-corrected chi connectivity index (χ4v) is 4.52. The number of benzene rings is 2. The zero-order valence-corrected chi connectivity index (χ0v) is 16.8. The predicted molar refractivity (Wildman–Crippen MR) is 109 cm³/mol. The maximum absolute atomic E-state index is 12.5. The zero-order valence-electron chi connectivity index (χ0n) is 15.2. The van der Waals surface area contributed by atoms with Gasteiger partial charge in [-0.1, -0.05) is 13.3 Å². The fourth-order valence-electron chi connectivity index (χ4n) is 2.60. The lowest BCUT2D eigenvalue weighted by Crippen LogP contribution is -2.28. The highest BCUT2D eigenvalue weighted by molar-refractivity contribution is 7.89. The van der Waals surface area contributed by atoms with Crippen molar-refractivity contribution in [3.05, 3.63) is 53.5 Å². The van der Waals surface area contributed by atoms with E-state index in [2.05, 4.69) is 10.3 Å². The number of carbonyl (C=O) groups is 1. The van der Waals surface area contributed by atoms with Crippen molar-refractivity contribution in [2.24, 2.45) is 0 Å². The standard InChI is InChI=1S/C19H21N3O3S2/c1-3-4-11-22(2)27(24,25)16-8-5-14(6-9-16)19(23)21-15-7-10-17-18(12-15)26-13-20-17/h5-10,12-13H,3-4,11H2,1-2H3,(H,21,23). The molecule has 0 aliphatic heterocycles. The third-order valence-corrected chi connectivity index (χ3v) is 6.90. The Morgan fingerprint density at radius 2 is 1.93 bits per heavy atom. The maximum atomic E-state index is 12.5. The van der Waals surface area contributed by atoms with Gasteiger partial charge in [0.2, 0.25) is 10.0 Å². The summed E-state index contributed by atoms with van der Waals surface area (Å²) in [6.45, 7) is 2.49. The van der Waals surface area contributed by atoms with Crippen molar-refractivity contribution >= 4 is 43.2 Å². The van der Waals surface area contributed by atoms with Crippen LogP contribution in [0.3, 0.4) is 0 Å². The Kier molecular flexibility index (Phi) is 5.88. The number of unbranched alkanes of at least 4 members (excludes halogenated alkanes) is 1. The van der Waals surface area contributed by atoms with Crippen molar-refractivity contribution in [2.75, 3.05) is 18.9 Å². The van der Waals surface area contributed by atoms with E-state index in [1.54, 1.807) is 18.6 Å². The monoisotopic (exact) mass is 403 g/mol. The van der Waals surface area contributed by atoms with Crippen molar-refractivity contribution in [3.8, 4) is 0 Å². The van der Waals surface area contributed by atoms with Crippen molar-refractivity contribution in [1.82, 2.24) is 9.29 Å². The first-order chi connectivity index (χ1) is 12.9. The Labute approximate surface area is 162 Å². The number of aromatic nitrogens is 1. The van der Waals surface area contributed by atoms with Gasteiger partial charge in [0.05, 0.1) is 20.6 Å². The summed E-state index contributed by atoms with van der Waals surface area (Å²) in [5.74, 6) is -0.290. The smallest absolute Gasteiger partial charge is 0.255 e. The van der Waals surface area contributed by atoms with Gasteiger partial charge in [-0.15, -0.1) is 11.3 Å². The molecule has 0 aliphatic carbocycles. The summed E-state index contributed by atoms with van der Waals surface area (Å²) >= 11 is 1.50. The second kappa shape index (κ2) is 8.16. The SMILES string of the molecule is CCCCN(C)S(=O)(=O)c1ccc(C(=O)Nc2ccc3ncsc3c2)cc1. The minimum atomic E-state index is -3.53. The van der Waals surface area contributed by atoms with Crippen LogP contribution in [0.15, 0.2) is 52.9 Å². The molecule has 142 valence electrons. The number of anilines is 1. The van der Waals surface area contributed by atoms with Crippen LogP contribution >= 0.6 is 11.3 Å². The van der Waals surface area contributed by atoms with Gasteiger partial charge in [-0.3, -0.25) is 4.79 Å². The molecule has 27 heavy (non-hydrogen) atoms. The first-order valence-corrected chi connectivity index (χ1v) is 10.9. The van der Waals surface area contributed by atoms with Crippen LogP contribution in [0.2, 0.25) is 0 Å². The van der Waals surface area contributed by atoms with Crippen molar-refractivity contribution < 1.29 is 13.2 Å². The molecule has 0 fully saturated rings. The lowest BCUT2D eigenvalue weighted by atomic mass is 10.2. The molecule has 6 nitrogen and oxygen atoms in total. The van der Waals surface area contributed by atoms with Gasteiger partial charge < -0.3 is 5.32 Å². The van der Waals surface area contributed by atoms with Crippen LogP contribution in [0.4, 0.5) is 5.69 Å². The van der Waals surface area contributed by atoms with Gasteiger partial charge in [0.25, 0.3) is 5.91 Å². The molecule has 0 aliphatic rings. The number of sulfonamides is 1. The number of fused-ring (bicyclic) bond motifs is 1. The van der Waals surface area contributed by atoms with Gasteiger partial charge in [0, 0.05) is 24.8 Å². The van der Waals surface area contributed by atoms with Crippen molar-refractivity contribution in [3.63, 3.8) is 0 Å². The van der Waals surface area contributed by atoms with E-state index in [0.29, 0.717) is 17.8 Å². The molecule has 0 spiro atoms.